The molecule has 0 N–H and O–H groups in total. The standard InChI is InChI=1S/C42H42O10/c43-41(33-14-5-1-6-15-33)51-39(31-49-35-18-9-3-10-19-35)29-45-24-26-47-37-22-13-23-38(28-37)48-27-25-46-30-40(32-50-36-20-11-4-12-21-36)52-42(44)34-16-7-2-8-17-34/h1-23,28,39-40H,24-27,29-32H2. The van der Waals surface area contributed by atoms with Crippen LogP contribution in [0.4, 0.5) is 0 Å². The van der Waals surface area contributed by atoms with Gasteiger partial charge in [0.25, 0.3) is 0 Å². The summed E-state index contributed by atoms with van der Waals surface area (Å²) < 4.78 is 46.4. The molecule has 10 heteroatoms. The van der Waals surface area contributed by atoms with Crippen molar-refractivity contribution in [2.75, 3.05) is 52.9 Å². The van der Waals surface area contributed by atoms with Gasteiger partial charge in [0.1, 0.15) is 49.4 Å². The van der Waals surface area contributed by atoms with E-state index in [1.807, 2.05) is 91.0 Å². The normalized spacial score (nSPS) is 11.8. The van der Waals surface area contributed by atoms with Crippen molar-refractivity contribution in [1.29, 1.82) is 0 Å². The smallest absolute Gasteiger partial charge is 0.338 e. The first-order valence-corrected chi connectivity index (χ1v) is 17.0. The molecule has 0 spiro atoms. The molecule has 0 bridgehead atoms. The van der Waals surface area contributed by atoms with Crippen molar-refractivity contribution in [3.05, 3.63) is 157 Å². The van der Waals surface area contributed by atoms with E-state index in [1.165, 1.54) is 0 Å². The zero-order valence-corrected chi connectivity index (χ0v) is 28.8. The van der Waals surface area contributed by atoms with Crippen molar-refractivity contribution in [2.24, 2.45) is 0 Å². The molecule has 0 aliphatic rings. The first-order chi connectivity index (χ1) is 25.6. The third-order valence-corrected chi connectivity index (χ3v) is 7.33. The maximum atomic E-state index is 12.7. The molecule has 0 radical (unpaired) electrons. The molecule has 5 aromatic carbocycles. The number of rotatable bonds is 22. The number of benzene rings is 5. The van der Waals surface area contributed by atoms with E-state index in [1.54, 1.807) is 54.6 Å². The number of ether oxygens (including phenoxy) is 8. The Morgan fingerprint density at radius 1 is 0.385 bits per heavy atom. The molecule has 52 heavy (non-hydrogen) atoms. The molecule has 0 saturated carbocycles. The van der Waals surface area contributed by atoms with E-state index in [0.29, 0.717) is 34.1 Å². The van der Waals surface area contributed by atoms with Gasteiger partial charge in [-0.2, -0.15) is 0 Å². The van der Waals surface area contributed by atoms with Crippen LogP contribution in [0.2, 0.25) is 0 Å². The largest absolute Gasteiger partial charge is 0.491 e. The molecule has 5 rings (SSSR count). The maximum absolute atomic E-state index is 12.7. The minimum Gasteiger partial charge on any atom is -0.491 e. The Labute approximate surface area is 303 Å². The maximum Gasteiger partial charge on any atom is 0.338 e. The van der Waals surface area contributed by atoms with Crippen LogP contribution in [0.25, 0.3) is 0 Å². The number of hydrogen-bond donors (Lipinski definition) is 0. The lowest BCUT2D eigenvalue weighted by Gasteiger charge is -2.19. The summed E-state index contributed by atoms with van der Waals surface area (Å²) in [7, 11) is 0. The predicted octanol–water partition coefficient (Wildman–Crippen LogP) is 7.09. The second kappa shape index (κ2) is 21.4. The highest BCUT2D eigenvalue weighted by molar-refractivity contribution is 5.89. The van der Waals surface area contributed by atoms with Crippen molar-refractivity contribution >= 4 is 11.9 Å². The third kappa shape index (κ3) is 13.5. The minimum atomic E-state index is -0.630. The van der Waals surface area contributed by atoms with Crippen molar-refractivity contribution in [3.8, 4) is 23.0 Å². The first-order valence-electron chi connectivity index (χ1n) is 17.0. The summed E-state index contributed by atoms with van der Waals surface area (Å²) in [5.41, 5.74) is 0.900. The van der Waals surface area contributed by atoms with Crippen LogP contribution in [0.1, 0.15) is 20.7 Å². The highest BCUT2D eigenvalue weighted by atomic mass is 16.6. The topological polar surface area (TPSA) is 108 Å². The molecule has 5 aromatic rings. The summed E-state index contributed by atoms with van der Waals surface area (Å²) in [5.74, 6) is 1.64. The molecular formula is C42H42O10. The van der Waals surface area contributed by atoms with Gasteiger partial charge in [0.05, 0.1) is 37.6 Å². The second-order valence-electron chi connectivity index (χ2n) is 11.4. The minimum absolute atomic E-state index is 0.128. The van der Waals surface area contributed by atoms with Crippen molar-refractivity contribution in [3.63, 3.8) is 0 Å². The molecule has 0 fully saturated rings. The summed E-state index contributed by atoms with van der Waals surface area (Å²) in [6.07, 6.45) is -1.26. The van der Waals surface area contributed by atoms with Gasteiger partial charge < -0.3 is 37.9 Å². The highest BCUT2D eigenvalue weighted by Gasteiger charge is 2.19. The van der Waals surface area contributed by atoms with E-state index >= 15 is 0 Å². The van der Waals surface area contributed by atoms with Crippen LogP contribution in [0.15, 0.2) is 146 Å². The summed E-state index contributed by atoms with van der Waals surface area (Å²) in [4.78, 5) is 25.4. The van der Waals surface area contributed by atoms with Crippen LogP contribution >= 0.6 is 0 Å². The van der Waals surface area contributed by atoms with Crippen LogP contribution < -0.4 is 18.9 Å². The van der Waals surface area contributed by atoms with E-state index in [2.05, 4.69) is 0 Å². The van der Waals surface area contributed by atoms with Gasteiger partial charge in [-0.15, -0.1) is 0 Å². The van der Waals surface area contributed by atoms with Gasteiger partial charge in [-0.3, -0.25) is 0 Å². The molecule has 0 aliphatic carbocycles. The molecule has 0 saturated heterocycles. The first kappa shape index (κ1) is 37.4. The number of para-hydroxylation sites is 2. The Balaban J connectivity index is 1.02. The van der Waals surface area contributed by atoms with E-state index in [9.17, 15) is 9.59 Å². The zero-order valence-electron chi connectivity index (χ0n) is 28.8. The lowest BCUT2D eigenvalue weighted by atomic mass is 10.2. The molecule has 270 valence electrons. The quantitative estimate of drug-likeness (QED) is 0.0547. The molecular weight excluding hydrogens is 664 g/mol. The third-order valence-electron chi connectivity index (χ3n) is 7.33. The van der Waals surface area contributed by atoms with Gasteiger partial charge in [0.15, 0.2) is 12.2 Å². The van der Waals surface area contributed by atoms with Gasteiger partial charge in [-0.05, 0) is 60.7 Å². The van der Waals surface area contributed by atoms with E-state index in [-0.39, 0.29) is 52.9 Å². The Bertz CT molecular complexity index is 1610. The zero-order chi connectivity index (χ0) is 36.1. The second-order valence-corrected chi connectivity index (χ2v) is 11.4. The monoisotopic (exact) mass is 706 g/mol. The summed E-state index contributed by atoms with van der Waals surface area (Å²) in [6.45, 7) is 1.56. The fraction of sp³-hybridized carbons (Fsp3) is 0.238. The van der Waals surface area contributed by atoms with Crippen LogP contribution in [0.5, 0.6) is 23.0 Å². The van der Waals surface area contributed by atoms with Gasteiger partial charge in [0, 0.05) is 6.07 Å². The van der Waals surface area contributed by atoms with Gasteiger partial charge in [-0.1, -0.05) is 78.9 Å². The van der Waals surface area contributed by atoms with Crippen molar-refractivity contribution < 1.29 is 47.5 Å². The van der Waals surface area contributed by atoms with Crippen LogP contribution in [-0.2, 0) is 18.9 Å². The lowest BCUT2D eigenvalue weighted by Crippen LogP contribution is -2.30. The van der Waals surface area contributed by atoms with Crippen molar-refractivity contribution in [2.45, 2.75) is 12.2 Å². The molecule has 2 atom stereocenters. The molecule has 0 aromatic heterocycles. The summed E-state index contributed by atoms with van der Waals surface area (Å²) in [6, 6.07) is 43.4. The fourth-order valence-electron chi connectivity index (χ4n) is 4.75. The fourth-order valence-corrected chi connectivity index (χ4v) is 4.75. The number of hydrogen-bond acceptors (Lipinski definition) is 10. The Morgan fingerprint density at radius 2 is 0.750 bits per heavy atom. The summed E-state index contributed by atoms with van der Waals surface area (Å²) in [5, 5.41) is 0. The Hall–Kier alpha value is -5.84. The van der Waals surface area contributed by atoms with Crippen molar-refractivity contribution in [1.82, 2.24) is 0 Å². The highest BCUT2D eigenvalue weighted by Crippen LogP contribution is 2.20. The lowest BCUT2D eigenvalue weighted by molar-refractivity contribution is -0.0237. The molecule has 0 heterocycles. The summed E-state index contributed by atoms with van der Waals surface area (Å²) >= 11 is 0. The molecule has 10 nitrogen and oxygen atoms in total. The SMILES string of the molecule is O=C(OC(COCCOc1cccc(OCCOCC(COc2ccccc2)OC(=O)c2ccccc2)c1)COc1ccccc1)c1ccccc1. The number of carbonyl (C=O) groups is 2. The molecule has 0 aliphatic heterocycles. The van der Waals surface area contributed by atoms with Crippen LogP contribution in [0, 0.1) is 0 Å². The van der Waals surface area contributed by atoms with E-state index < -0.39 is 24.1 Å². The predicted molar refractivity (Wildman–Crippen MR) is 194 cm³/mol. The van der Waals surface area contributed by atoms with Crippen LogP contribution in [-0.4, -0.2) is 77.0 Å². The van der Waals surface area contributed by atoms with Gasteiger partial charge >= 0.3 is 11.9 Å². The Kier molecular flexibility index (Phi) is 15.4. The van der Waals surface area contributed by atoms with E-state index in [0.717, 1.165) is 0 Å². The van der Waals surface area contributed by atoms with Crippen LogP contribution in [0.3, 0.4) is 0 Å². The average molecular weight is 707 g/mol. The Morgan fingerprint density at radius 3 is 1.15 bits per heavy atom. The van der Waals surface area contributed by atoms with Gasteiger partial charge in [0.2, 0.25) is 0 Å². The number of esters is 2. The molecule has 0 amide bonds. The molecule has 2 unspecified atom stereocenters. The van der Waals surface area contributed by atoms with Gasteiger partial charge in [-0.25, -0.2) is 9.59 Å². The number of carbonyl (C=O) groups excluding carboxylic acids is 2. The average Bonchev–Trinajstić information content (AvgIpc) is 3.20. The van der Waals surface area contributed by atoms with E-state index in [4.69, 9.17) is 37.9 Å².